The molecular formula is C21H23N3O4S3. The molecule has 3 aromatic heterocycles. The Bertz CT molecular complexity index is 1200. The average Bonchev–Trinajstić information content (AvgIpc) is 3.48. The summed E-state index contributed by atoms with van der Waals surface area (Å²) in [6, 6.07) is 1.80. The molecule has 0 bridgehead atoms. The van der Waals surface area contributed by atoms with Crippen molar-refractivity contribution in [3.63, 3.8) is 0 Å². The number of aromatic nitrogens is 2. The van der Waals surface area contributed by atoms with Gasteiger partial charge in [-0.25, -0.2) is 9.78 Å². The van der Waals surface area contributed by atoms with E-state index in [0.29, 0.717) is 21.1 Å². The lowest BCUT2D eigenvalue weighted by molar-refractivity contribution is -0.113. The number of fused-ring (bicyclic) bond motifs is 1. The van der Waals surface area contributed by atoms with Crippen LogP contribution in [0.2, 0.25) is 0 Å². The fourth-order valence-corrected chi connectivity index (χ4v) is 6.55. The highest BCUT2D eigenvalue weighted by molar-refractivity contribution is 7.99. The summed E-state index contributed by atoms with van der Waals surface area (Å²) in [5.74, 6) is -0.659. The lowest BCUT2D eigenvalue weighted by Gasteiger charge is -2.18. The van der Waals surface area contributed by atoms with Crippen molar-refractivity contribution in [2.45, 2.75) is 50.7 Å². The Labute approximate surface area is 191 Å². The Hall–Kier alpha value is -2.17. The summed E-state index contributed by atoms with van der Waals surface area (Å²) in [7, 11) is 1.31. The summed E-state index contributed by atoms with van der Waals surface area (Å²) < 4.78 is 6.56. The fourth-order valence-electron chi connectivity index (χ4n) is 3.85. The first-order chi connectivity index (χ1) is 14.9. The van der Waals surface area contributed by atoms with E-state index in [1.165, 1.54) is 41.5 Å². The van der Waals surface area contributed by atoms with Gasteiger partial charge in [0.25, 0.3) is 5.56 Å². The monoisotopic (exact) mass is 477 g/mol. The Kier molecular flexibility index (Phi) is 6.49. The van der Waals surface area contributed by atoms with Crippen molar-refractivity contribution in [3.8, 4) is 0 Å². The minimum atomic E-state index is -0.483. The molecule has 0 saturated heterocycles. The lowest BCUT2D eigenvalue weighted by atomic mass is 10.2. The zero-order chi connectivity index (χ0) is 22.1. The van der Waals surface area contributed by atoms with Gasteiger partial charge < -0.3 is 10.1 Å². The standard InChI is InChI=1S/C21H23N3O4S3/c1-11-12(2)31-18-16(11)19(26)24(13-6-4-5-7-13)21(23-18)30-10-15(25)22-14-8-9-29-17(14)20(27)28-3/h8-9,13H,4-7,10H2,1-3H3,(H,22,25). The second-order valence-corrected chi connectivity index (χ2v) is 10.5. The molecule has 3 heterocycles. The first kappa shape index (κ1) is 22.0. The maximum Gasteiger partial charge on any atom is 0.350 e. The highest BCUT2D eigenvalue weighted by Crippen LogP contribution is 2.34. The molecule has 1 N–H and O–H groups in total. The van der Waals surface area contributed by atoms with Crippen molar-refractivity contribution in [2.24, 2.45) is 0 Å². The van der Waals surface area contributed by atoms with Crippen molar-refractivity contribution >= 4 is 62.2 Å². The minimum absolute atomic E-state index is 0.00697. The second-order valence-electron chi connectivity index (χ2n) is 7.46. The molecule has 10 heteroatoms. The molecule has 0 aliphatic heterocycles. The zero-order valence-electron chi connectivity index (χ0n) is 17.5. The molecule has 1 aliphatic carbocycles. The summed E-state index contributed by atoms with van der Waals surface area (Å²) in [6.45, 7) is 3.97. The number of hydrogen-bond donors (Lipinski definition) is 1. The van der Waals surface area contributed by atoms with Crippen LogP contribution in [0.25, 0.3) is 10.2 Å². The number of nitrogens with one attached hydrogen (secondary N) is 1. The number of thioether (sulfide) groups is 1. The van der Waals surface area contributed by atoms with Crippen LogP contribution in [0.4, 0.5) is 5.69 Å². The van der Waals surface area contributed by atoms with E-state index in [1.807, 2.05) is 13.8 Å². The van der Waals surface area contributed by atoms with Gasteiger partial charge in [-0.15, -0.1) is 22.7 Å². The number of rotatable bonds is 6. The van der Waals surface area contributed by atoms with Gasteiger partial charge in [-0.1, -0.05) is 24.6 Å². The number of esters is 1. The summed E-state index contributed by atoms with van der Waals surface area (Å²) in [4.78, 5) is 44.8. The van der Waals surface area contributed by atoms with Gasteiger partial charge in [-0.2, -0.15) is 0 Å². The van der Waals surface area contributed by atoms with E-state index in [2.05, 4.69) is 5.32 Å². The van der Waals surface area contributed by atoms with Crippen LogP contribution in [-0.4, -0.2) is 34.3 Å². The van der Waals surface area contributed by atoms with Crippen LogP contribution >= 0.6 is 34.4 Å². The van der Waals surface area contributed by atoms with Crippen molar-refractivity contribution < 1.29 is 14.3 Å². The number of amides is 1. The molecule has 7 nitrogen and oxygen atoms in total. The summed E-state index contributed by atoms with van der Waals surface area (Å²) in [6.07, 6.45) is 4.09. The number of thiophene rings is 2. The maximum absolute atomic E-state index is 13.4. The SMILES string of the molecule is COC(=O)c1sccc1NC(=O)CSc1nc2sc(C)c(C)c2c(=O)n1C1CCCC1. The number of carbonyl (C=O) groups excluding carboxylic acids is 2. The highest BCUT2D eigenvalue weighted by atomic mass is 32.2. The molecule has 0 radical (unpaired) electrons. The van der Waals surface area contributed by atoms with Crippen LogP contribution in [0.15, 0.2) is 21.4 Å². The van der Waals surface area contributed by atoms with Crippen LogP contribution in [0.5, 0.6) is 0 Å². The van der Waals surface area contributed by atoms with E-state index in [0.717, 1.165) is 41.0 Å². The van der Waals surface area contributed by atoms with Gasteiger partial charge in [0.05, 0.1) is 23.9 Å². The van der Waals surface area contributed by atoms with Crippen molar-refractivity contribution in [1.82, 2.24) is 9.55 Å². The number of methoxy groups -OCH3 is 1. The summed E-state index contributed by atoms with van der Waals surface area (Å²) in [5.41, 5.74) is 1.42. The van der Waals surface area contributed by atoms with Gasteiger partial charge >= 0.3 is 5.97 Å². The average molecular weight is 478 g/mol. The predicted molar refractivity (Wildman–Crippen MR) is 126 cm³/mol. The molecular weight excluding hydrogens is 454 g/mol. The van der Waals surface area contributed by atoms with Crippen LogP contribution < -0.4 is 10.9 Å². The third-order valence-corrected chi connectivity index (χ3v) is 8.48. The van der Waals surface area contributed by atoms with Gasteiger partial charge in [-0.3, -0.25) is 14.2 Å². The third-order valence-electron chi connectivity index (χ3n) is 5.53. The number of anilines is 1. The number of hydrogen-bond acceptors (Lipinski definition) is 8. The van der Waals surface area contributed by atoms with Crippen LogP contribution in [0.1, 0.15) is 51.8 Å². The molecule has 31 heavy (non-hydrogen) atoms. The van der Waals surface area contributed by atoms with E-state index in [4.69, 9.17) is 9.72 Å². The minimum Gasteiger partial charge on any atom is -0.465 e. The smallest absolute Gasteiger partial charge is 0.350 e. The number of aryl methyl sites for hydroxylation is 2. The number of nitrogens with zero attached hydrogens (tertiary/aromatic N) is 2. The molecule has 0 atom stereocenters. The molecule has 1 aliphatic rings. The van der Waals surface area contributed by atoms with E-state index < -0.39 is 5.97 Å². The largest absolute Gasteiger partial charge is 0.465 e. The predicted octanol–water partition coefficient (Wildman–Crippen LogP) is 4.77. The van der Waals surface area contributed by atoms with E-state index >= 15 is 0 Å². The van der Waals surface area contributed by atoms with Crippen molar-refractivity contribution in [2.75, 3.05) is 18.2 Å². The molecule has 1 amide bonds. The molecule has 3 aromatic rings. The van der Waals surface area contributed by atoms with Crippen LogP contribution in [-0.2, 0) is 9.53 Å². The molecule has 1 saturated carbocycles. The van der Waals surface area contributed by atoms with Gasteiger partial charge in [-0.05, 0) is 43.7 Å². The van der Waals surface area contributed by atoms with Crippen molar-refractivity contribution in [3.05, 3.63) is 37.1 Å². The first-order valence-corrected chi connectivity index (χ1v) is 12.7. The van der Waals surface area contributed by atoms with Gasteiger partial charge in [0.1, 0.15) is 9.71 Å². The van der Waals surface area contributed by atoms with E-state index in [9.17, 15) is 14.4 Å². The second kappa shape index (κ2) is 9.13. The Balaban J connectivity index is 1.60. The molecule has 1 fully saturated rings. The molecule has 164 valence electrons. The topological polar surface area (TPSA) is 90.3 Å². The normalized spacial score (nSPS) is 14.3. The van der Waals surface area contributed by atoms with E-state index in [-0.39, 0.29) is 23.3 Å². The number of carbonyl (C=O) groups is 2. The number of ether oxygens (including phenoxy) is 1. The first-order valence-electron chi connectivity index (χ1n) is 10.0. The Morgan fingerprint density at radius 1 is 1.32 bits per heavy atom. The molecule has 0 unspecified atom stereocenters. The summed E-state index contributed by atoms with van der Waals surface area (Å²) >= 11 is 3.99. The van der Waals surface area contributed by atoms with Crippen LogP contribution in [0.3, 0.4) is 0 Å². The molecule has 0 aromatic carbocycles. The van der Waals surface area contributed by atoms with Gasteiger partial charge in [0.2, 0.25) is 5.91 Å². The Morgan fingerprint density at radius 3 is 2.77 bits per heavy atom. The third kappa shape index (κ3) is 4.28. The van der Waals surface area contributed by atoms with Crippen molar-refractivity contribution in [1.29, 1.82) is 0 Å². The van der Waals surface area contributed by atoms with Gasteiger partial charge in [0.15, 0.2) is 5.16 Å². The Morgan fingerprint density at radius 2 is 2.06 bits per heavy atom. The van der Waals surface area contributed by atoms with E-state index in [1.54, 1.807) is 16.0 Å². The summed E-state index contributed by atoms with van der Waals surface area (Å²) in [5, 5.41) is 5.77. The lowest BCUT2D eigenvalue weighted by Crippen LogP contribution is -2.27. The quantitative estimate of drug-likeness (QED) is 0.312. The fraction of sp³-hybridized carbons (Fsp3) is 0.429. The van der Waals surface area contributed by atoms with Crippen LogP contribution in [0, 0.1) is 13.8 Å². The molecule has 0 spiro atoms. The van der Waals surface area contributed by atoms with Gasteiger partial charge in [0, 0.05) is 10.9 Å². The highest BCUT2D eigenvalue weighted by Gasteiger charge is 2.25. The zero-order valence-corrected chi connectivity index (χ0v) is 20.0. The molecule has 4 rings (SSSR count). The maximum atomic E-state index is 13.4.